The molecule has 0 N–H and O–H groups in total. The lowest BCUT2D eigenvalue weighted by Gasteiger charge is -2.00. The summed E-state index contributed by atoms with van der Waals surface area (Å²) in [6, 6.07) is 5.42. The minimum atomic E-state index is 0.408. The normalized spacial score (nSPS) is 9.83. The van der Waals surface area contributed by atoms with Crippen LogP contribution in [0.3, 0.4) is 0 Å². The maximum atomic E-state index is 10.5. The molecule has 0 unspecified atom stereocenters. The summed E-state index contributed by atoms with van der Waals surface area (Å²) < 4.78 is 0. The van der Waals surface area contributed by atoms with E-state index >= 15 is 0 Å². The molecule has 1 aromatic carbocycles. The number of benzene rings is 1. The van der Waals surface area contributed by atoms with E-state index in [4.69, 9.17) is 23.2 Å². The number of hydrogen-bond acceptors (Lipinski definition) is 1. The molecule has 0 aliphatic rings. The molecule has 0 aromatic heterocycles. The fourth-order valence-electron chi connectivity index (χ4n) is 1.01. The monoisotopic (exact) mass is 202 g/mol. The molecule has 1 nitrogen and oxygen atoms in total. The van der Waals surface area contributed by atoms with Crippen molar-refractivity contribution in [3.63, 3.8) is 0 Å². The van der Waals surface area contributed by atoms with Crippen molar-refractivity contribution in [2.24, 2.45) is 0 Å². The Hall–Kier alpha value is -0.530. The maximum absolute atomic E-state index is 10.5. The zero-order chi connectivity index (χ0) is 8.97. The minimum absolute atomic E-state index is 0.408. The van der Waals surface area contributed by atoms with E-state index in [0.29, 0.717) is 17.3 Å². The van der Waals surface area contributed by atoms with Gasteiger partial charge in [-0.3, -0.25) is 4.79 Å². The average molecular weight is 203 g/mol. The highest BCUT2D eigenvalue weighted by molar-refractivity contribution is 6.17. The number of alkyl halides is 2. The quantitative estimate of drug-likeness (QED) is 0.545. The maximum Gasteiger partial charge on any atom is 0.150 e. The summed E-state index contributed by atoms with van der Waals surface area (Å²) in [4.78, 5) is 10.5. The SMILES string of the molecule is O=Cc1cc(CCl)cc(CCl)c1. The van der Waals surface area contributed by atoms with Gasteiger partial charge in [0.25, 0.3) is 0 Å². The van der Waals surface area contributed by atoms with Gasteiger partial charge in [0.15, 0.2) is 0 Å². The molecule has 0 amide bonds. The molecule has 0 atom stereocenters. The van der Waals surface area contributed by atoms with Crippen molar-refractivity contribution >= 4 is 29.5 Å². The van der Waals surface area contributed by atoms with Crippen LogP contribution in [0.2, 0.25) is 0 Å². The van der Waals surface area contributed by atoms with E-state index in [9.17, 15) is 4.79 Å². The van der Waals surface area contributed by atoms with Gasteiger partial charge in [0, 0.05) is 17.3 Å². The molecule has 0 radical (unpaired) electrons. The van der Waals surface area contributed by atoms with Gasteiger partial charge in [-0.25, -0.2) is 0 Å². The minimum Gasteiger partial charge on any atom is -0.298 e. The molecule has 0 fully saturated rings. The molecule has 0 aliphatic heterocycles. The van der Waals surface area contributed by atoms with Crippen molar-refractivity contribution in [2.75, 3.05) is 0 Å². The standard InChI is InChI=1S/C9H8Cl2O/c10-4-7-1-8(5-11)3-9(2-7)6-12/h1-3,6H,4-5H2. The number of rotatable bonds is 3. The number of hydrogen-bond donors (Lipinski definition) is 0. The Bertz CT molecular complexity index is 262. The molecule has 0 saturated carbocycles. The Morgan fingerprint density at radius 1 is 1.08 bits per heavy atom. The van der Waals surface area contributed by atoms with E-state index in [-0.39, 0.29) is 0 Å². The van der Waals surface area contributed by atoms with Gasteiger partial charge in [0.1, 0.15) is 6.29 Å². The van der Waals surface area contributed by atoms with Crippen LogP contribution >= 0.6 is 23.2 Å². The molecule has 1 rings (SSSR count). The Morgan fingerprint density at radius 2 is 1.58 bits per heavy atom. The Labute approximate surface area is 81.3 Å². The zero-order valence-corrected chi connectivity index (χ0v) is 7.90. The lowest BCUT2D eigenvalue weighted by Crippen LogP contribution is -1.88. The van der Waals surface area contributed by atoms with Crippen LogP contribution in [-0.4, -0.2) is 6.29 Å². The largest absolute Gasteiger partial charge is 0.298 e. The Kier molecular flexibility index (Phi) is 3.57. The first-order valence-electron chi connectivity index (χ1n) is 3.50. The Balaban J connectivity index is 3.09. The third-order valence-corrected chi connectivity index (χ3v) is 2.14. The van der Waals surface area contributed by atoms with Gasteiger partial charge in [-0.2, -0.15) is 0 Å². The van der Waals surface area contributed by atoms with Gasteiger partial charge in [0.2, 0.25) is 0 Å². The lowest BCUT2D eigenvalue weighted by molar-refractivity contribution is 0.112. The average Bonchev–Trinajstić information content (AvgIpc) is 2.16. The van der Waals surface area contributed by atoms with E-state index < -0.39 is 0 Å². The molecule has 0 aliphatic carbocycles. The summed E-state index contributed by atoms with van der Waals surface area (Å²) in [7, 11) is 0. The lowest BCUT2D eigenvalue weighted by atomic mass is 10.1. The molecular weight excluding hydrogens is 195 g/mol. The molecule has 0 heterocycles. The van der Waals surface area contributed by atoms with Crippen molar-refractivity contribution in [1.82, 2.24) is 0 Å². The van der Waals surface area contributed by atoms with Crippen LogP contribution in [0.5, 0.6) is 0 Å². The number of halogens is 2. The van der Waals surface area contributed by atoms with Crippen LogP contribution in [0.15, 0.2) is 18.2 Å². The first kappa shape index (κ1) is 9.56. The molecule has 1 aromatic rings. The van der Waals surface area contributed by atoms with Crippen LogP contribution in [0, 0.1) is 0 Å². The number of carbonyl (C=O) groups excluding carboxylic acids is 1. The summed E-state index contributed by atoms with van der Waals surface area (Å²) in [5, 5.41) is 0. The topological polar surface area (TPSA) is 17.1 Å². The summed E-state index contributed by atoms with van der Waals surface area (Å²) in [5.74, 6) is 0.817. The predicted molar refractivity (Wildman–Crippen MR) is 50.9 cm³/mol. The van der Waals surface area contributed by atoms with Gasteiger partial charge in [-0.15, -0.1) is 23.2 Å². The zero-order valence-electron chi connectivity index (χ0n) is 6.39. The second-order valence-electron chi connectivity index (χ2n) is 2.47. The van der Waals surface area contributed by atoms with E-state index in [1.807, 2.05) is 6.07 Å². The van der Waals surface area contributed by atoms with Gasteiger partial charge in [0.05, 0.1) is 0 Å². The molecule has 0 saturated heterocycles. The first-order chi connectivity index (χ1) is 5.80. The van der Waals surface area contributed by atoms with Crippen LogP contribution < -0.4 is 0 Å². The second kappa shape index (κ2) is 4.48. The van der Waals surface area contributed by atoms with Crippen LogP contribution in [0.4, 0.5) is 0 Å². The summed E-state index contributed by atoms with van der Waals surface area (Å²) in [5.41, 5.74) is 2.48. The van der Waals surface area contributed by atoms with Gasteiger partial charge >= 0.3 is 0 Å². The van der Waals surface area contributed by atoms with E-state index in [2.05, 4.69) is 0 Å². The van der Waals surface area contributed by atoms with Crippen molar-refractivity contribution < 1.29 is 4.79 Å². The van der Waals surface area contributed by atoms with E-state index in [1.165, 1.54) is 0 Å². The summed E-state index contributed by atoms with van der Waals surface area (Å²) in [6.07, 6.45) is 0.798. The highest BCUT2D eigenvalue weighted by atomic mass is 35.5. The molecule has 0 spiro atoms. The van der Waals surface area contributed by atoms with E-state index in [0.717, 1.165) is 17.4 Å². The van der Waals surface area contributed by atoms with Crippen molar-refractivity contribution in [3.05, 3.63) is 34.9 Å². The van der Waals surface area contributed by atoms with Gasteiger partial charge in [-0.05, 0) is 23.3 Å². The molecule has 64 valence electrons. The second-order valence-corrected chi connectivity index (χ2v) is 3.00. The van der Waals surface area contributed by atoms with Crippen LogP contribution in [0.25, 0.3) is 0 Å². The van der Waals surface area contributed by atoms with Crippen molar-refractivity contribution in [1.29, 1.82) is 0 Å². The van der Waals surface area contributed by atoms with Gasteiger partial charge in [-0.1, -0.05) is 6.07 Å². The van der Waals surface area contributed by atoms with Crippen molar-refractivity contribution in [2.45, 2.75) is 11.8 Å². The van der Waals surface area contributed by atoms with E-state index in [1.54, 1.807) is 12.1 Å². The van der Waals surface area contributed by atoms with Crippen LogP contribution in [-0.2, 0) is 11.8 Å². The number of aldehydes is 1. The van der Waals surface area contributed by atoms with Crippen molar-refractivity contribution in [3.8, 4) is 0 Å². The molecule has 0 bridgehead atoms. The highest BCUT2D eigenvalue weighted by Crippen LogP contribution is 2.12. The highest BCUT2D eigenvalue weighted by Gasteiger charge is 1.98. The fraction of sp³-hybridized carbons (Fsp3) is 0.222. The molecule has 12 heavy (non-hydrogen) atoms. The third kappa shape index (κ3) is 2.23. The van der Waals surface area contributed by atoms with Crippen LogP contribution in [0.1, 0.15) is 21.5 Å². The number of carbonyl (C=O) groups is 1. The fourth-order valence-corrected chi connectivity index (χ4v) is 1.32. The smallest absolute Gasteiger partial charge is 0.150 e. The molecular formula is C9H8Cl2O. The summed E-state index contributed by atoms with van der Waals surface area (Å²) >= 11 is 11.3. The predicted octanol–water partition coefficient (Wildman–Crippen LogP) is 2.98. The van der Waals surface area contributed by atoms with Gasteiger partial charge < -0.3 is 0 Å². The third-order valence-electron chi connectivity index (χ3n) is 1.52. The first-order valence-corrected chi connectivity index (χ1v) is 4.57. The Morgan fingerprint density at radius 3 is 1.92 bits per heavy atom. The molecule has 3 heteroatoms. The summed E-state index contributed by atoms with van der Waals surface area (Å²) in [6.45, 7) is 0.